The summed E-state index contributed by atoms with van der Waals surface area (Å²) in [6, 6.07) is 6.26. The molecule has 11 nitrogen and oxygen atoms in total. The highest BCUT2D eigenvalue weighted by atomic mass is 19.4. The molecule has 2 aromatic carbocycles. The summed E-state index contributed by atoms with van der Waals surface area (Å²) in [6.07, 6.45) is -9.06. The summed E-state index contributed by atoms with van der Waals surface area (Å²) in [5.41, 5.74) is 14.6. The number of alkyl halides is 6. The molecule has 1 atom stereocenters. The van der Waals surface area contributed by atoms with Crippen molar-refractivity contribution >= 4 is 36.0 Å². The predicted octanol–water partition coefficient (Wildman–Crippen LogP) is 0.307. The number of nitrogens with two attached hydrogens (primary N) is 3. The number of carbonyl (C=O) groups is 3. The van der Waals surface area contributed by atoms with Crippen LogP contribution in [-0.4, -0.2) is 78.6 Å². The normalized spacial score (nSPS) is 12.0. The van der Waals surface area contributed by atoms with E-state index in [1.54, 1.807) is 6.92 Å². The number of anilines is 1. The molecular formula is C26H35BF6N6O5. The van der Waals surface area contributed by atoms with Gasteiger partial charge in [0.1, 0.15) is 0 Å². The summed E-state index contributed by atoms with van der Waals surface area (Å²) >= 11 is 0. The number of amides is 3. The van der Waals surface area contributed by atoms with Crippen molar-refractivity contribution in [3.05, 3.63) is 59.2 Å². The van der Waals surface area contributed by atoms with Gasteiger partial charge in [0.05, 0.1) is 23.7 Å². The Labute approximate surface area is 249 Å². The van der Waals surface area contributed by atoms with Crippen molar-refractivity contribution in [3.8, 4) is 0 Å². The number of nitrogens with one attached hydrogen (secondary N) is 2. The molecule has 44 heavy (non-hydrogen) atoms. The Balaban J connectivity index is 0.000000733. The average Bonchev–Trinajstić information content (AvgIpc) is 2.93. The molecule has 0 spiro atoms. The molecule has 2 aromatic rings. The van der Waals surface area contributed by atoms with E-state index in [0.29, 0.717) is 19.2 Å². The van der Waals surface area contributed by atoms with Crippen molar-refractivity contribution < 1.29 is 50.8 Å². The maximum atomic E-state index is 12.9. The van der Waals surface area contributed by atoms with Crippen molar-refractivity contribution in [3.63, 3.8) is 0 Å². The standard InChI is InChI=1S/C18H28BF3N6O5.C8H7F3/c20-18(21,22)12-2-1-11(9-13(12)19(32)33)27-15(29)10-26-17(31)14(25)3-4-16(30)28(7-5-23)8-6-24;1-6-2-4-7(5-3-6)8(9,10)11/h1-2,9,14,32-33H,3-8,10,23-25H2,(H,26,31)(H,27,29);2-5H,1H3. The predicted molar refractivity (Wildman–Crippen MR) is 151 cm³/mol. The van der Waals surface area contributed by atoms with E-state index in [2.05, 4.69) is 10.6 Å². The van der Waals surface area contributed by atoms with Crippen LogP contribution in [0.3, 0.4) is 0 Å². The highest BCUT2D eigenvalue weighted by molar-refractivity contribution is 6.59. The van der Waals surface area contributed by atoms with Crippen molar-refractivity contribution in [2.45, 2.75) is 38.2 Å². The molecule has 244 valence electrons. The van der Waals surface area contributed by atoms with Gasteiger partial charge >= 0.3 is 19.5 Å². The van der Waals surface area contributed by atoms with Crippen LogP contribution in [0.25, 0.3) is 0 Å². The molecule has 0 fully saturated rings. The number of nitrogens with zero attached hydrogens (tertiary/aromatic N) is 1. The zero-order valence-corrected chi connectivity index (χ0v) is 23.7. The van der Waals surface area contributed by atoms with Gasteiger partial charge in [-0.15, -0.1) is 0 Å². The molecule has 3 amide bonds. The maximum Gasteiger partial charge on any atom is 0.489 e. The van der Waals surface area contributed by atoms with Gasteiger partial charge in [-0.1, -0.05) is 17.7 Å². The van der Waals surface area contributed by atoms with E-state index >= 15 is 0 Å². The van der Waals surface area contributed by atoms with E-state index in [-0.39, 0.29) is 37.5 Å². The Bertz CT molecular complexity index is 1230. The van der Waals surface area contributed by atoms with E-state index in [1.807, 2.05) is 0 Å². The molecule has 2 rings (SSSR count). The van der Waals surface area contributed by atoms with Gasteiger partial charge in [-0.05, 0) is 49.1 Å². The molecule has 1 unspecified atom stereocenters. The lowest BCUT2D eigenvalue weighted by Crippen LogP contribution is -2.45. The molecule has 0 saturated carbocycles. The first-order valence-electron chi connectivity index (χ1n) is 13.1. The number of hydrogen-bond donors (Lipinski definition) is 7. The van der Waals surface area contributed by atoms with Crippen LogP contribution >= 0.6 is 0 Å². The molecule has 0 radical (unpaired) electrons. The fourth-order valence-electron chi connectivity index (χ4n) is 3.60. The van der Waals surface area contributed by atoms with Crippen LogP contribution in [0.15, 0.2) is 42.5 Å². The lowest BCUT2D eigenvalue weighted by molar-refractivity contribution is -0.138. The van der Waals surface area contributed by atoms with Crippen molar-refractivity contribution in [2.75, 3.05) is 38.0 Å². The van der Waals surface area contributed by atoms with Gasteiger partial charge in [0.15, 0.2) is 0 Å². The molecule has 0 saturated heterocycles. The van der Waals surface area contributed by atoms with Crippen LogP contribution in [-0.2, 0) is 26.7 Å². The first kappa shape index (κ1) is 38.3. The Morgan fingerprint density at radius 1 is 0.932 bits per heavy atom. The van der Waals surface area contributed by atoms with E-state index in [4.69, 9.17) is 17.2 Å². The van der Waals surface area contributed by atoms with E-state index in [9.17, 15) is 50.8 Å². The minimum Gasteiger partial charge on any atom is -0.423 e. The fourth-order valence-corrected chi connectivity index (χ4v) is 3.60. The van der Waals surface area contributed by atoms with Crippen LogP contribution in [0.1, 0.15) is 29.5 Å². The van der Waals surface area contributed by atoms with Crippen LogP contribution in [0.4, 0.5) is 32.0 Å². The van der Waals surface area contributed by atoms with Gasteiger partial charge < -0.3 is 42.8 Å². The van der Waals surface area contributed by atoms with Gasteiger partial charge in [-0.2, -0.15) is 26.3 Å². The smallest absolute Gasteiger partial charge is 0.423 e. The summed E-state index contributed by atoms with van der Waals surface area (Å²) in [6.45, 7) is 2.34. The monoisotopic (exact) mass is 636 g/mol. The second kappa shape index (κ2) is 17.6. The van der Waals surface area contributed by atoms with E-state index in [0.717, 1.165) is 29.8 Å². The number of rotatable bonds is 12. The second-order valence-electron chi connectivity index (χ2n) is 9.41. The van der Waals surface area contributed by atoms with Crippen molar-refractivity contribution in [1.82, 2.24) is 10.2 Å². The SMILES string of the molecule is Cc1ccc(C(F)(F)F)cc1.NCCN(CCN)C(=O)CCC(N)C(=O)NCC(=O)Nc1ccc(C(F)(F)F)c(B(O)O)c1. The lowest BCUT2D eigenvalue weighted by Gasteiger charge is -2.22. The Kier molecular flexibility index (Phi) is 15.3. The summed E-state index contributed by atoms with van der Waals surface area (Å²) in [7, 11) is -2.41. The van der Waals surface area contributed by atoms with Gasteiger partial charge in [0.25, 0.3) is 0 Å². The van der Waals surface area contributed by atoms with E-state index < -0.39 is 60.5 Å². The quantitative estimate of drug-likeness (QED) is 0.128. The number of halogens is 6. The lowest BCUT2D eigenvalue weighted by atomic mass is 9.76. The molecular weight excluding hydrogens is 601 g/mol. The molecule has 10 N–H and O–H groups in total. The Morgan fingerprint density at radius 3 is 1.98 bits per heavy atom. The van der Waals surface area contributed by atoms with E-state index in [1.165, 1.54) is 17.0 Å². The highest BCUT2D eigenvalue weighted by Crippen LogP contribution is 2.29. The number of hydrogen-bond acceptors (Lipinski definition) is 8. The average molecular weight is 636 g/mol. The summed E-state index contributed by atoms with van der Waals surface area (Å²) in [5.74, 6) is -1.76. The molecule has 0 aliphatic rings. The third-order valence-corrected chi connectivity index (χ3v) is 5.88. The minimum absolute atomic E-state index is 0.00851. The molecule has 0 bridgehead atoms. The molecule has 0 aliphatic carbocycles. The maximum absolute atomic E-state index is 12.9. The molecule has 0 heterocycles. The van der Waals surface area contributed by atoms with Crippen molar-refractivity contribution in [2.24, 2.45) is 17.2 Å². The van der Waals surface area contributed by atoms with Gasteiger partial charge in [-0.25, -0.2) is 0 Å². The summed E-state index contributed by atoms with van der Waals surface area (Å²) < 4.78 is 74.5. The fraction of sp³-hybridized carbons (Fsp3) is 0.423. The molecule has 18 heteroatoms. The highest BCUT2D eigenvalue weighted by Gasteiger charge is 2.36. The minimum atomic E-state index is -4.82. The third-order valence-electron chi connectivity index (χ3n) is 5.88. The Morgan fingerprint density at radius 2 is 1.50 bits per heavy atom. The molecule has 0 aliphatic heterocycles. The third kappa shape index (κ3) is 13.3. The van der Waals surface area contributed by atoms with Crippen LogP contribution < -0.4 is 33.3 Å². The first-order chi connectivity index (χ1) is 20.4. The van der Waals surface area contributed by atoms with Crippen LogP contribution in [0.2, 0.25) is 0 Å². The first-order valence-corrected chi connectivity index (χ1v) is 13.1. The van der Waals surface area contributed by atoms with Crippen LogP contribution in [0, 0.1) is 6.92 Å². The van der Waals surface area contributed by atoms with Crippen LogP contribution in [0.5, 0.6) is 0 Å². The Hall–Kier alpha value is -3.71. The molecule has 0 aromatic heterocycles. The largest absolute Gasteiger partial charge is 0.489 e. The van der Waals surface area contributed by atoms with Gasteiger partial charge in [-0.3, -0.25) is 14.4 Å². The number of aryl methyl sites for hydroxylation is 1. The second-order valence-corrected chi connectivity index (χ2v) is 9.41. The number of benzene rings is 2. The zero-order chi connectivity index (χ0) is 33.7. The topological polar surface area (TPSA) is 197 Å². The summed E-state index contributed by atoms with van der Waals surface area (Å²) in [4.78, 5) is 37.7. The van der Waals surface area contributed by atoms with Crippen molar-refractivity contribution in [1.29, 1.82) is 0 Å². The van der Waals surface area contributed by atoms with Gasteiger partial charge in [0.2, 0.25) is 17.7 Å². The summed E-state index contributed by atoms with van der Waals surface area (Å²) in [5, 5.41) is 22.9. The number of carbonyl (C=O) groups excluding carboxylic acids is 3. The van der Waals surface area contributed by atoms with Gasteiger partial charge in [0, 0.05) is 38.3 Å². The zero-order valence-electron chi connectivity index (χ0n) is 23.7.